The number of anilines is 1. The summed E-state index contributed by atoms with van der Waals surface area (Å²) in [5.74, 6) is 0. The molecule has 2 aromatic rings. The maximum Gasteiger partial charge on any atom is 0.180 e. The number of nitrogen functional groups attached to an aromatic ring is 1. The summed E-state index contributed by atoms with van der Waals surface area (Å²) in [5, 5.41) is 10.7. The number of hydrogen-bond acceptors (Lipinski definition) is 5. The first-order chi connectivity index (χ1) is 10.2. The van der Waals surface area contributed by atoms with Crippen LogP contribution in [0.2, 0.25) is 0 Å². The molecule has 0 bridgehead atoms. The van der Waals surface area contributed by atoms with Crippen LogP contribution in [0.15, 0.2) is 36.5 Å². The molecule has 1 aliphatic heterocycles. The van der Waals surface area contributed by atoms with Crippen LogP contribution >= 0.6 is 11.3 Å². The second-order valence-electron chi connectivity index (χ2n) is 5.73. The minimum absolute atomic E-state index is 0.153. The zero-order chi connectivity index (χ0) is 14.7. The first kappa shape index (κ1) is 14.5. The van der Waals surface area contributed by atoms with E-state index in [9.17, 15) is 5.11 Å². The number of rotatable bonds is 5. The molecule has 1 aromatic carbocycles. The van der Waals surface area contributed by atoms with Crippen molar-refractivity contribution in [2.24, 2.45) is 0 Å². The van der Waals surface area contributed by atoms with Gasteiger partial charge in [-0.05, 0) is 31.4 Å². The van der Waals surface area contributed by atoms with E-state index in [1.165, 1.54) is 21.8 Å². The molecule has 4 nitrogen and oxygen atoms in total. The quantitative estimate of drug-likeness (QED) is 0.889. The normalized spacial score (nSPS) is 22.7. The molecular weight excluding hydrogens is 282 g/mol. The van der Waals surface area contributed by atoms with E-state index in [-0.39, 0.29) is 12.1 Å². The Morgan fingerprint density at radius 3 is 2.81 bits per heavy atom. The molecule has 0 aliphatic carbocycles. The summed E-state index contributed by atoms with van der Waals surface area (Å²) in [7, 11) is 0. The van der Waals surface area contributed by atoms with E-state index in [1.807, 2.05) is 12.3 Å². The lowest BCUT2D eigenvalue weighted by Gasteiger charge is -2.37. The fourth-order valence-electron chi connectivity index (χ4n) is 3.24. The number of hydrogen-bond donors (Lipinski definition) is 2. The summed E-state index contributed by atoms with van der Waals surface area (Å²) in [4.78, 5) is 7.69. The topological polar surface area (TPSA) is 62.4 Å². The van der Waals surface area contributed by atoms with Crippen molar-refractivity contribution in [2.45, 2.75) is 31.3 Å². The van der Waals surface area contributed by atoms with Crippen LogP contribution in [0.1, 0.15) is 23.3 Å². The van der Waals surface area contributed by atoms with Gasteiger partial charge in [0, 0.05) is 23.2 Å². The summed E-state index contributed by atoms with van der Waals surface area (Å²) in [6.07, 6.45) is 4.90. The van der Waals surface area contributed by atoms with Gasteiger partial charge in [0.15, 0.2) is 5.13 Å². The van der Waals surface area contributed by atoms with Gasteiger partial charge < -0.3 is 10.8 Å². The van der Waals surface area contributed by atoms with E-state index < -0.39 is 0 Å². The Bertz CT molecular complexity index is 586. The number of thiazole rings is 1. The van der Waals surface area contributed by atoms with Gasteiger partial charge >= 0.3 is 0 Å². The van der Waals surface area contributed by atoms with Crippen LogP contribution in [-0.4, -0.2) is 33.7 Å². The zero-order valence-electron chi connectivity index (χ0n) is 12.0. The average Bonchev–Trinajstić information content (AvgIpc) is 3.08. The number of aliphatic hydroxyl groups excluding tert-OH is 1. The van der Waals surface area contributed by atoms with Crippen molar-refractivity contribution in [3.8, 4) is 0 Å². The van der Waals surface area contributed by atoms with Crippen molar-refractivity contribution in [3.63, 3.8) is 0 Å². The molecule has 1 fully saturated rings. The predicted molar refractivity (Wildman–Crippen MR) is 86.1 cm³/mol. The molecule has 112 valence electrons. The van der Waals surface area contributed by atoms with Crippen LogP contribution < -0.4 is 5.73 Å². The summed E-state index contributed by atoms with van der Waals surface area (Å²) in [5.41, 5.74) is 6.84. The summed E-state index contributed by atoms with van der Waals surface area (Å²) < 4.78 is 0. The lowest BCUT2D eigenvalue weighted by molar-refractivity contribution is 0.0589. The molecule has 21 heavy (non-hydrogen) atoms. The van der Waals surface area contributed by atoms with E-state index in [1.54, 1.807) is 0 Å². The van der Waals surface area contributed by atoms with Crippen LogP contribution in [0, 0.1) is 0 Å². The molecule has 5 heteroatoms. The molecule has 3 rings (SSSR count). The second-order valence-corrected chi connectivity index (χ2v) is 6.88. The number of aromatic nitrogens is 1. The number of likely N-dealkylation sites (tertiary alicyclic amines) is 1. The Morgan fingerprint density at radius 1 is 1.33 bits per heavy atom. The molecule has 3 N–H and O–H groups in total. The molecule has 0 amide bonds. The van der Waals surface area contributed by atoms with Crippen LogP contribution in [0.5, 0.6) is 0 Å². The van der Waals surface area contributed by atoms with E-state index in [2.05, 4.69) is 34.1 Å². The Kier molecular flexibility index (Phi) is 4.24. The predicted octanol–water partition coefficient (Wildman–Crippen LogP) is 2.29. The van der Waals surface area contributed by atoms with Crippen LogP contribution in [-0.2, 0) is 13.0 Å². The first-order valence-corrected chi connectivity index (χ1v) is 8.13. The van der Waals surface area contributed by atoms with Gasteiger partial charge in [-0.3, -0.25) is 4.90 Å². The Balaban J connectivity index is 1.78. The number of aliphatic hydroxyl groups is 1. The third kappa shape index (κ3) is 3.10. The van der Waals surface area contributed by atoms with Gasteiger partial charge in [0.25, 0.3) is 0 Å². The second kappa shape index (κ2) is 6.13. The van der Waals surface area contributed by atoms with Crippen molar-refractivity contribution >= 4 is 16.5 Å². The average molecular weight is 303 g/mol. The standard InChI is InChI=1S/C16H21N3OS/c17-15-18-10-14(21-15)11-19-8-4-7-16(19,12-20)9-13-5-2-1-3-6-13/h1-3,5-6,10,20H,4,7-9,11-12H2,(H2,17,18). The number of benzene rings is 1. The summed E-state index contributed by atoms with van der Waals surface area (Å²) >= 11 is 1.54. The third-order valence-electron chi connectivity index (χ3n) is 4.33. The molecule has 1 saturated heterocycles. The molecule has 1 unspecified atom stereocenters. The van der Waals surface area contributed by atoms with Gasteiger partial charge in [0.1, 0.15) is 0 Å². The van der Waals surface area contributed by atoms with Gasteiger partial charge in [-0.2, -0.15) is 0 Å². The van der Waals surface area contributed by atoms with E-state index in [0.29, 0.717) is 5.13 Å². The Labute approximate surface area is 129 Å². The number of nitrogens with zero attached hydrogens (tertiary/aromatic N) is 2. The van der Waals surface area contributed by atoms with Gasteiger partial charge in [-0.1, -0.05) is 30.3 Å². The lowest BCUT2D eigenvalue weighted by atomic mass is 9.89. The SMILES string of the molecule is Nc1ncc(CN2CCCC2(CO)Cc2ccccc2)s1. The number of nitrogens with two attached hydrogens (primary N) is 1. The van der Waals surface area contributed by atoms with Crippen molar-refractivity contribution in [1.82, 2.24) is 9.88 Å². The smallest absolute Gasteiger partial charge is 0.180 e. The maximum absolute atomic E-state index is 10.1. The Hall–Kier alpha value is -1.43. The molecule has 1 aromatic heterocycles. The summed E-state index contributed by atoms with van der Waals surface area (Å²) in [6, 6.07) is 10.4. The highest BCUT2D eigenvalue weighted by atomic mass is 32.1. The monoisotopic (exact) mass is 303 g/mol. The minimum Gasteiger partial charge on any atom is -0.394 e. The minimum atomic E-state index is -0.153. The zero-order valence-corrected chi connectivity index (χ0v) is 12.9. The first-order valence-electron chi connectivity index (χ1n) is 7.32. The summed E-state index contributed by atoms with van der Waals surface area (Å²) in [6.45, 7) is 2.03. The third-order valence-corrected chi connectivity index (χ3v) is 5.14. The molecular formula is C16H21N3OS. The van der Waals surface area contributed by atoms with Gasteiger partial charge in [0.2, 0.25) is 0 Å². The fraction of sp³-hybridized carbons (Fsp3) is 0.438. The van der Waals surface area contributed by atoms with Crippen molar-refractivity contribution in [2.75, 3.05) is 18.9 Å². The van der Waals surface area contributed by atoms with E-state index in [4.69, 9.17) is 5.73 Å². The van der Waals surface area contributed by atoms with Gasteiger partial charge in [0.05, 0.1) is 6.61 Å². The van der Waals surface area contributed by atoms with Crippen LogP contribution in [0.4, 0.5) is 5.13 Å². The molecule has 1 atom stereocenters. The van der Waals surface area contributed by atoms with E-state index in [0.717, 1.165) is 32.4 Å². The van der Waals surface area contributed by atoms with Crippen molar-refractivity contribution < 1.29 is 5.11 Å². The van der Waals surface area contributed by atoms with Gasteiger partial charge in [-0.15, -0.1) is 11.3 Å². The van der Waals surface area contributed by atoms with Crippen LogP contribution in [0.3, 0.4) is 0 Å². The molecule has 1 aliphatic rings. The highest BCUT2D eigenvalue weighted by Crippen LogP contribution is 2.34. The molecule has 2 heterocycles. The molecule has 0 spiro atoms. The highest BCUT2D eigenvalue weighted by molar-refractivity contribution is 7.15. The Morgan fingerprint density at radius 2 is 2.14 bits per heavy atom. The fourth-order valence-corrected chi connectivity index (χ4v) is 3.94. The van der Waals surface area contributed by atoms with Crippen LogP contribution in [0.25, 0.3) is 0 Å². The van der Waals surface area contributed by atoms with Crippen molar-refractivity contribution in [1.29, 1.82) is 0 Å². The van der Waals surface area contributed by atoms with Gasteiger partial charge in [-0.25, -0.2) is 4.98 Å². The lowest BCUT2D eigenvalue weighted by Crippen LogP contribution is -2.48. The van der Waals surface area contributed by atoms with Crippen molar-refractivity contribution in [3.05, 3.63) is 47.0 Å². The largest absolute Gasteiger partial charge is 0.394 e. The molecule has 0 saturated carbocycles. The maximum atomic E-state index is 10.1. The van der Waals surface area contributed by atoms with E-state index >= 15 is 0 Å². The molecule has 0 radical (unpaired) electrons. The highest BCUT2D eigenvalue weighted by Gasteiger charge is 2.40.